The van der Waals surface area contributed by atoms with Gasteiger partial charge in [0.1, 0.15) is 5.69 Å². The quantitative estimate of drug-likeness (QED) is 0.429. The van der Waals surface area contributed by atoms with Crippen molar-refractivity contribution in [3.05, 3.63) is 23.5 Å². The van der Waals surface area contributed by atoms with Crippen LogP contribution in [0.5, 0.6) is 0 Å². The maximum atomic E-state index is 11.2. The molecule has 0 fully saturated rings. The number of rotatable bonds is 7. The molecule has 4 heteroatoms. The molecule has 0 aliphatic rings. The molecule has 0 bridgehead atoms. The number of aromatic nitrogens is 1. The van der Waals surface area contributed by atoms with Gasteiger partial charge in [0, 0.05) is 18.7 Å². The zero-order valence-corrected chi connectivity index (χ0v) is 10.1. The second kappa shape index (κ2) is 7.53. The number of methoxy groups -OCH3 is 1. The fourth-order valence-corrected chi connectivity index (χ4v) is 1.47. The standard InChI is InChI=1S/C13H18N2O2/c1-3-4-5-6-9-14-10-11-7-8-12(15-11)13(16)17-2/h1,7-8,14-15H,4-6,9-10H2,2H3. The van der Waals surface area contributed by atoms with Crippen molar-refractivity contribution in [1.82, 2.24) is 10.3 Å². The van der Waals surface area contributed by atoms with E-state index in [1.165, 1.54) is 7.11 Å². The molecule has 0 unspecified atom stereocenters. The van der Waals surface area contributed by atoms with Crippen molar-refractivity contribution in [2.45, 2.75) is 25.8 Å². The number of unbranched alkanes of at least 4 members (excludes halogenated alkanes) is 2. The summed E-state index contributed by atoms with van der Waals surface area (Å²) in [6.07, 6.45) is 8.10. The van der Waals surface area contributed by atoms with Crippen LogP contribution in [0.3, 0.4) is 0 Å². The normalized spacial score (nSPS) is 9.88. The molecule has 2 N–H and O–H groups in total. The fraction of sp³-hybridized carbons (Fsp3) is 0.462. The van der Waals surface area contributed by atoms with E-state index in [1.54, 1.807) is 6.07 Å². The van der Waals surface area contributed by atoms with Crippen molar-refractivity contribution in [3.8, 4) is 12.3 Å². The highest BCUT2D eigenvalue weighted by molar-refractivity contribution is 5.87. The fourth-order valence-electron chi connectivity index (χ4n) is 1.47. The summed E-state index contributed by atoms with van der Waals surface area (Å²) in [6, 6.07) is 3.60. The van der Waals surface area contributed by atoms with Gasteiger partial charge in [-0.25, -0.2) is 4.79 Å². The third-order valence-electron chi connectivity index (χ3n) is 2.39. The zero-order chi connectivity index (χ0) is 12.5. The van der Waals surface area contributed by atoms with Gasteiger partial charge in [0.15, 0.2) is 0 Å². The molecule has 17 heavy (non-hydrogen) atoms. The van der Waals surface area contributed by atoms with Gasteiger partial charge in [0.05, 0.1) is 7.11 Å². The van der Waals surface area contributed by atoms with Gasteiger partial charge < -0.3 is 15.0 Å². The second-order valence-corrected chi connectivity index (χ2v) is 3.73. The molecular weight excluding hydrogens is 216 g/mol. The highest BCUT2D eigenvalue weighted by atomic mass is 16.5. The van der Waals surface area contributed by atoms with Gasteiger partial charge in [-0.05, 0) is 31.5 Å². The maximum absolute atomic E-state index is 11.2. The van der Waals surface area contributed by atoms with Crippen molar-refractivity contribution in [1.29, 1.82) is 0 Å². The highest BCUT2D eigenvalue weighted by Gasteiger charge is 2.07. The van der Waals surface area contributed by atoms with E-state index < -0.39 is 0 Å². The maximum Gasteiger partial charge on any atom is 0.354 e. The number of ether oxygens (including phenoxy) is 1. The van der Waals surface area contributed by atoms with E-state index in [0.29, 0.717) is 12.2 Å². The van der Waals surface area contributed by atoms with Crippen LogP contribution in [0, 0.1) is 12.3 Å². The van der Waals surface area contributed by atoms with Crippen LogP contribution >= 0.6 is 0 Å². The lowest BCUT2D eigenvalue weighted by molar-refractivity contribution is 0.0594. The van der Waals surface area contributed by atoms with Crippen LogP contribution in [-0.2, 0) is 11.3 Å². The van der Waals surface area contributed by atoms with Crippen LogP contribution in [0.4, 0.5) is 0 Å². The lowest BCUT2D eigenvalue weighted by Gasteiger charge is -2.02. The summed E-state index contributed by atoms with van der Waals surface area (Å²) in [7, 11) is 1.37. The number of H-pyrrole nitrogens is 1. The molecule has 1 heterocycles. The molecule has 1 rings (SSSR count). The first-order chi connectivity index (χ1) is 8.27. The van der Waals surface area contributed by atoms with Gasteiger partial charge in [-0.1, -0.05) is 0 Å². The third-order valence-corrected chi connectivity index (χ3v) is 2.39. The molecule has 0 saturated heterocycles. The first kappa shape index (κ1) is 13.3. The second-order valence-electron chi connectivity index (χ2n) is 3.73. The molecule has 0 saturated carbocycles. The Kier molecular flexibility index (Phi) is 5.91. The third kappa shape index (κ3) is 4.75. The van der Waals surface area contributed by atoms with Crippen molar-refractivity contribution in [2.75, 3.05) is 13.7 Å². The number of carbonyl (C=O) groups excluding carboxylic acids is 1. The molecule has 0 aliphatic heterocycles. The first-order valence-electron chi connectivity index (χ1n) is 5.68. The SMILES string of the molecule is C#CCCCCNCc1ccc(C(=O)OC)[nH]1. The van der Waals surface area contributed by atoms with Gasteiger partial charge in [-0.2, -0.15) is 0 Å². The van der Waals surface area contributed by atoms with Gasteiger partial charge in [-0.15, -0.1) is 12.3 Å². The van der Waals surface area contributed by atoms with Crippen LogP contribution < -0.4 is 5.32 Å². The van der Waals surface area contributed by atoms with E-state index in [9.17, 15) is 4.79 Å². The van der Waals surface area contributed by atoms with E-state index in [-0.39, 0.29) is 5.97 Å². The van der Waals surface area contributed by atoms with Crippen LogP contribution in [0.25, 0.3) is 0 Å². The smallest absolute Gasteiger partial charge is 0.354 e. The Balaban J connectivity index is 2.21. The summed E-state index contributed by atoms with van der Waals surface area (Å²) in [5.74, 6) is 2.27. The lowest BCUT2D eigenvalue weighted by Crippen LogP contribution is -2.15. The minimum absolute atomic E-state index is 0.342. The number of terminal acetylenes is 1. The number of esters is 1. The monoisotopic (exact) mass is 234 g/mol. The molecule has 0 amide bonds. The molecule has 1 aromatic heterocycles. The largest absolute Gasteiger partial charge is 0.464 e. The van der Waals surface area contributed by atoms with E-state index in [4.69, 9.17) is 6.42 Å². The minimum atomic E-state index is -0.342. The number of carbonyl (C=O) groups is 1. The van der Waals surface area contributed by atoms with Crippen molar-refractivity contribution < 1.29 is 9.53 Å². The van der Waals surface area contributed by atoms with E-state index in [1.807, 2.05) is 6.07 Å². The van der Waals surface area contributed by atoms with Gasteiger partial charge >= 0.3 is 5.97 Å². The zero-order valence-electron chi connectivity index (χ0n) is 10.1. The molecule has 0 aliphatic carbocycles. The molecular formula is C13H18N2O2. The summed E-state index contributed by atoms with van der Waals surface area (Å²) < 4.78 is 4.61. The number of hydrogen-bond donors (Lipinski definition) is 2. The molecule has 1 aromatic rings. The summed E-state index contributed by atoms with van der Waals surface area (Å²) in [5.41, 5.74) is 1.46. The predicted molar refractivity (Wildman–Crippen MR) is 66.5 cm³/mol. The van der Waals surface area contributed by atoms with Gasteiger partial charge in [-0.3, -0.25) is 0 Å². The molecule has 4 nitrogen and oxygen atoms in total. The van der Waals surface area contributed by atoms with E-state index in [0.717, 1.165) is 31.5 Å². The molecule has 0 radical (unpaired) electrons. The Labute approximate surface area is 102 Å². The average molecular weight is 234 g/mol. The number of aromatic amines is 1. The number of hydrogen-bond acceptors (Lipinski definition) is 3. The Morgan fingerprint density at radius 3 is 3.06 bits per heavy atom. The Morgan fingerprint density at radius 1 is 1.53 bits per heavy atom. The van der Waals surface area contributed by atoms with Gasteiger partial charge in [0.25, 0.3) is 0 Å². The molecule has 0 spiro atoms. The van der Waals surface area contributed by atoms with Crippen molar-refractivity contribution in [3.63, 3.8) is 0 Å². The van der Waals surface area contributed by atoms with Crippen molar-refractivity contribution in [2.24, 2.45) is 0 Å². The lowest BCUT2D eigenvalue weighted by atomic mass is 10.2. The Hall–Kier alpha value is -1.73. The average Bonchev–Trinajstić information content (AvgIpc) is 2.81. The summed E-state index contributed by atoms with van der Waals surface area (Å²) >= 11 is 0. The summed E-state index contributed by atoms with van der Waals surface area (Å²) in [6.45, 7) is 1.64. The van der Waals surface area contributed by atoms with E-state index >= 15 is 0 Å². The Morgan fingerprint density at radius 2 is 2.35 bits per heavy atom. The number of nitrogens with one attached hydrogen (secondary N) is 2. The summed E-state index contributed by atoms with van der Waals surface area (Å²) in [4.78, 5) is 14.2. The molecule has 0 atom stereocenters. The van der Waals surface area contributed by atoms with E-state index in [2.05, 4.69) is 21.0 Å². The van der Waals surface area contributed by atoms with Crippen LogP contribution in [-0.4, -0.2) is 24.6 Å². The van der Waals surface area contributed by atoms with Crippen LogP contribution in [0.2, 0.25) is 0 Å². The topological polar surface area (TPSA) is 54.1 Å². The minimum Gasteiger partial charge on any atom is -0.464 e. The Bertz CT molecular complexity index is 390. The van der Waals surface area contributed by atoms with Crippen LogP contribution in [0.15, 0.2) is 12.1 Å². The summed E-state index contributed by atoms with van der Waals surface area (Å²) in [5, 5.41) is 3.28. The van der Waals surface area contributed by atoms with Crippen molar-refractivity contribution >= 4 is 5.97 Å². The highest BCUT2D eigenvalue weighted by Crippen LogP contribution is 2.03. The predicted octanol–water partition coefficient (Wildman–Crippen LogP) is 1.69. The first-order valence-corrected chi connectivity index (χ1v) is 5.68. The molecule has 92 valence electrons. The molecule has 0 aromatic carbocycles. The van der Waals surface area contributed by atoms with Gasteiger partial charge in [0.2, 0.25) is 0 Å². The van der Waals surface area contributed by atoms with Crippen LogP contribution in [0.1, 0.15) is 35.4 Å².